The monoisotopic (exact) mass is 150 g/mol. The molecule has 0 unspecified atom stereocenters. The normalized spacial score (nSPS) is 9.18. The third-order valence-electron chi connectivity index (χ3n) is 1.15. The van der Waals surface area contributed by atoms with Crippen LogP contribution in [0.2, 0.25) is 0 Å². The summed E-state index contributed by atoms with van der Waals surface area (Å²) >= 11 is 0. The van der Waals surface area contributed by atoms with Crippen molar-refractivity contribution in [3.8, 4) is 0 Å². The molecule has 2 heteroatoms. The zero-order valence-electron chi connectivity index (χ0n) is 6.71. The molecule has 0 aliphatic rings. The Bertz CT molecular complexity index is 182. The van der Waals surface area contributed by atoms with Crippen molar-refractivity contribution in [2.75, 3.05) is 6.54 Å². The Hall–Kier alpha value is -1.07. The average molecular weight is 150 g/mol. The van der Waals surface area contributed by atoms with Crippen molar-refractivity contribution in [1.29, 1.82) is 0 Å². The summed E-state index contributed by atoms with van der Waals surface area (Å²) in [6.45, 7) is 4.10. The molecule has 0 aliphatic heterocycles. The van der Waals surface area contributed by atoms with Gasteiger partial charge in [0.15, 0.2) is 0 Å². The summed E-state index contributed by atoms with van der Waals surface area (Å²) in [6.07, 6.45) is 6.92. The maximum atomic E-state index is 5.31. The van der Waals surface area contributed by atoms with Crippen LogP contribution in [0.1, 0.15) is 19.3 Å². The Morgan fingerprint density at radius 1 is 1.45 bits per heavy atom. The Morgan fingerprint density at radius 2 is 2.27 bits per heavy atom. The fourth-order valence-corrected chi connectivity index (χ4v) is 0.617. The topological polar surface area (TPSA) is 38.4 Å². The predicted octanol–water partition coefficient (Wildman–Crippen LogP) is 1.64. The first-order valence-corrected chi connectivity index (χ1v) is 3.74. The van der Waals surface area contributed by atoms with E-state index in [1.807, 2.05) is 6.08 Å². The van der Waals surface area contributed by atoms with Gasteiger partial charge in [0.2, 0.25) is 0 Å². The summed E-state index contributed by atoms with van der Waals surface area (Å²) in [4.78, 5) is 3.75. The number of hydrogen-bond donors (Lipinski definition) is 1. The van der Waals surface area contributed by atoms with E-state index in [4.69, 9.17) is 5.73 Å². The van der Waals surface area contributed by atoms with Crippen LogP contribution in [0, 0.1) is 0 Å². The molecule has 60 valence electrons. The average Bonchev–Trinajstić information content (AvgIpc) is 2.03. The fraction of sp³-hybridized carbons (Fsp3) is 0.444. The first-order valence-electron chi connectivity index (χ1n) is 3.74. The van der Waals surface area contributed by atoms with E-state index in [1.165, 1.54) is 0 Å². The Balaban J connectivity index is 3.30. The van der Waals surface area contributed by atoms with Crippen molar-refractivity contribution in [3.05, 3.63) is 24.6 Å². The zero-order chi connectivity index (χ0) is 8.36. The number of rotatable bonds is 5. The van der Waals surface area contributed by atoms with Gasteiger partial charge in [-0.3, -0.25) is 0 Å². The van der Waals surface area contributed by atoms with Crippen molar-refractivity contribution in [1.82, 2.24) is 0 Å². The lowest BCUT2D eigenvalue weighted by Crippen LogP contribution is -1.96. The van der Waals surface area contributed by atoms with Crippen LogP contribution in [-0.2, 0) is 0 Å². The molecule has 0 aromatic rings. The highest BCUT2D eigenvalue weighted by Gasteiger charge is 1.79. The van der Waals surface area contributed by atoms with Crippen molar-refractivity contribution in [2.45, 2.75) is 19.3 Å². The van der Waals surface area contributed by atoms with Gasteiger partial charge in [0.1, 0.15) is 0 Å². The molecular weight excluding hydrogens is 136 g/mol. The van der Waals surface area contributed by atoms with Crippen LogP contribution in [0.15, 0.2) is 29.6 Å². The highest BCUT2D eigenvalue weighted by atomic mass is 14.6. The molecule has 0 amide bonds. The fourth-order valence-electron chi connectivity index (χ4n) is 0.617. The molecule has 2 nitrogen and oxygen atoms in total. The van der Waals surface area contributed by atoms with Crippen LogP contribution in [-0.4, -0.2) is 12.4 Å². The molecule has 0 saturated heterocycles. The highest BCUT2D eigenvalue weighted by Crippen LogP contribution is 1.93. The van der Waals surface area contributed by atoms with Crippen LogP contribution in [0.5, 0.6) is 0 Å². The first-order chi connectivity index (χ1) is 5.41. The number of nitrogens with zero attached hydrogens (tertiary/aromatic N) is 1. The number of unbranched alkanes of at least 4 members (excludes halogenated alkanes) is 2. The molecule has 11 heavy (non-hydrogen) atoms. The lowest BCUT2D eigenvalue weighted by molar-refractivity contribution is 0.758. The molecule has 0 saturated carbocycles. The molecule has 0 rings (SSSR count). The van der Waals surface area contributed by atoms with Crippen molar-refractivity contribution in [3.63, 3.8) is 0 Å². The quantitative estimate of drug-likeness (QED) is 0.361. The van der Waals surface area contributed by atoms with Gasteiger partial charge in [-0.05, 0) is 32.4 Å². The summed E-state index contributed by atoms with van der Waals surface area (Å²) in [5.41, 5.74) is 7.74. The summed E-state index contributed by atoms with van der Waals surface area (Å²) in [7, 11) is 0. The van der Waals surface area contributed by atoms with Gasteiger partial charge in [0.05, 0.1) is 0 Å². The lowest BCUT2D eigenvalue weighted by atomic mass is 10.2. The van der Waals surface area contributed by atoms with Gasteiger partial charge in [-0.15, -0.1) is 0 Å². The smallest absolute Gasteiger partial charge is 0.0378 e. The Kier molecular flexibility index (Phi) is 8.06. The minimum Gasteiger partial charge on any atom is -0.330 e. The van der Waals surface area contributed by atoms with Gasteiger partial charge in [0.25, 0.3) is 0 Å². The zero-order valence-corrected chi connectivity index (χ0v) is 6.71. The molecule has 0 atom stereocenters. The third-order valence-corrected chi connectivity index (χ3v) is 1.15. The Morgan fingerprint density at radius 3 is 2.91 bits per heavy atom. The number of hydrogen-bond acceptors (Lipinski definition) is 2. The summed E-state index contributed by atoms with van der Waals surface area (Å²) in [6, 6.07) is 0. The maximum Gasteiger partial charge on any atom is 0.0378 e. The molecule has 0 fully saturated rings. The van der Waals surface area contributed by atoms with E-state index < -0.39 is 0 Å². The second-order valence-corrected chi connectivity index (χ2v) is 2.09. The largest absolute Gasteiger partial charge is 0.330 e. The van der Waals surface area contributed by atoms with Crippen molar-refractivity contribution < 1.29 is 0 Å². The summed E-state index contributed by atoms with van der Waals surface area (Å²) in [5.74, 6) is 2.49. The predicted molar refractivity (Wildman–Crippen MR) is 48.6 cm³/mol. The van der Waals surface area contributed by atoms with E-state index in [0.29, 0.717) is 0 Å². The van der Waals surface area contributed by atoms with Crippen molar-refractivity contribution >= 4 is 5.87 Å². The van der Waals surface area contributed by atoms with E-state index >= 15 is 0 Å². The van der Waals surface area contributed by atoms with Crippen LogP contribution in [0.4, 0.5) is 0 Å². The number of nitrogens with two attached hydrogens (primary N) is 1. The van der Waals surface area contributed by atoms with Gasteiger partial charge < -0.3 is 5.73 Å². The van der Waals surface area contributed by atoms with Crippen molar-refractivity contribution in [2.24, 2.45) is 10.7 Å². The summed E-state index contributed by atoms with van der Waals surface area (Å²) in [5, 5.41) is 0. The summed E-state index contributed by atoms with van der Waals surface area (Å²) < 4.78 is 0. The highest BCUT2D eigenvalue weighted by molar-refractivity contribution is 5.50. The number of allylic oxidation sites excluding steroid dienone is 1. The van der Waals surface area contributed by atoms with Crippen LogP contribution in [0.3, 0.4) is 0 Å². The lowest BCUT2D eigenvalue weighted by Gasteiger charge is -1.89. The third kappa shape index (κ3) is 8.93. The van der Waals surface area contributed by atoms with Crippen LogP contribution in [0.25, 0.3) is 0 Å². The van der Waals surface area contributed by atoms with E-state index in [-0.39, 0.29) is 0 Å². The SMILES string of the molecule is C=C=C=N/C=C/CCCCN. The first kappa shape index (κ1) is 9.93. The Labute approximate surface area is 67.8 Å². The van der Waals surface area contributed by atoms with E-state index in [9.17, 15) is 0 Å². The molecule has 0 bridgehead atoms. The minimum absolute atomic E-state index is 0.768. The van der Waals surface area contributed by atoms with E-state index in [0.717, 1.165) is 25.8 Å². The van der Waals surface area contributed by atoms with Gasteiger partial charge in [-0.2, -0.15) is 0 Å². The molecule has 0 aromatic carbocycles. The second kappa shape index (κ2) is 8.93. The molecule has 0 radical (unpaired) electrons. The molecule has 0 heterocycles. The standard InChI is InChI=1S/C9H14N2/c1-2-8-11-9-6-4-3-5-7-10/h6,9H,1,3-5,7,10H2/b9-6+. The maximum absolute atomic E-state index is 5.31. The molecule has 0 aliphatic carbocycles. The molecule has 0 spiro atoms. The number of aliphatic imine (C=N–C) groups is 1. The van der Waals surface area contributed by atoms with Gasteiger partial charge in [0, 0.05) is 12.1 Å². The van der Waals surface area contributed by atoms with E-state index in [2.05, 4.69) is 23.2 Å². The molecular formula is C9H14N2. The molecule has 0 aromatic heterocycles. The van der Waals surface area contributed by atoms with E-state index in [1.54, 1.807) is 6.20 Å². The van der Waals surface area contributed by atoms with Crippen LogP contribution < -0.4 is 5.73 Å². The second-order valence-electron chi connectivity index (χ2n) is 2.09. The molecule has 2 N–H and O–H groups in total. The van der Waals surface area contributed by atoms with Gasteiger partial charge >= 0.3 is 0 Å². The van der Waals surface area contributed by atoms with Gasteiger partial charge in [-0.25, -0.2) is 4.99 Å². The minimum atomic E-state index is 0.768. The van der Waals surface area contributed by atoms with Crippen LogP contribution >= 0.6 is 0 Å². The van der Waals surface area contributed by atoms with Gasteiger partial charge in [-0.1, -0.05) is 11.8 Å².